The Morgan fingerprint density at radius 3 is 2.71 bits per heavy atom. The summed E-state index contributed by atoms with van der Waals surface area (Å²) < 4.78 is 1.69. The van der Waals surface area contributed by atoms with Crippen LogP contribution in [0.2, 0.25) is 0 Å². The molecule has 0 spiro atoms. The average Bonchev–Trinajstić information content (AvgIpc) is 2.96. The van der Waals surface area contributed by atoms with Crippen molar-refractivity contribution in [2.45, 2.75) is 26.2 Å². The summed E-state index contributed by atoms with van der Waals surface area (Å²) in [5.41, 5.74) is 0.674. The lowest BCUT2D eigenvalue weighted by atomic mass is 9.91. The molecule has 0 aliphatic carbocycles. The lowest BCUT2D eigenvalue weighted by Crippen LogP contribution is -2.13. The van der Waals surface area contributed by atoms with Crippen molar-refractivity contribution in [2.24, 2.45) is 0 Å². The molecule has 21 heavy (non-hydrogen) atoms. The highest BCUT2D eigenvalue weighted by molar-refractivity contribution is 7.20. The summed E-state index contributed by atoms with van der Waals surface area (Å²) in [5.74, 6) is -0.297. The smallest absolute Gasteiger partial charge is 0.345 e. The molecule has 0 fully saturated rings. The molecule has 0 aliphatic rings. The van der Waals surface area contributed by atoms with E-state index < -0.39 is 5.97 Å². The molecule has 0 unspecified atom stereocenters. The molecule has 1 N–H and O–H groups in total. The first-order chi connectivity index (χ1) is 9.88. The Labute approximate surface area is 125 Å². The van der Waals surface area contributed by atoms with Gasteiger partial charge in [0.15, 0.2) is 5.82 Å². The zero-order valence-corrected chi connectivity index (χ0v) is 12.7. The van der Waals surface area contributed by atoms with Crippen LogP contribution in [0.3, 0.4) is 0 Å². The minimum absolute atomic E-state index is 0.187. The molecule has 6 nitrogen and oxygen atoms in total. The maximum absolute atomic E-state index is 11.2. The van der Waals surface area contributed by atoms with Crippen LogP contribution in [0.1, 0.15) is 36.1 Å². The first-order valence-electron chi connectivity index (χ1n) is 6.40. The van der Waals surface area contributed by atoms with Gasteiger partial charge in [0.2, 0.25) is 0 Å². The van der Waals surface area contributed by atoms with Crippen LogP contribution < -0.4 is 0 Å². The normalized spacial score (nSPS) is 12.0. The Kier molecular flexibility index (Phi) is 3.02. The summed E-state index contributed by atoms with van der Waals surface area (Å²) in [4.78, 5) is 20.4. The molecular formula is C14H14N4O2S. The highest BCUT2D eigenvalue weighted by atomic mass is 32.1. The van der Waals surface area contributed by atoms with E-state index in [0.717, 1.165) is 15.9 Å². The van der Waals surface area contributed by atoms with Crippen LogP contribution in [0.25, 0.3) is 16.0 Å². The number of nitrogens with zero attached hydrogens (tertiary/aromatic N) is 4. The number of rotatable bonds is 2. The predicted molar refractivity (Wildman–Crippen MR) is 80.2 cm³/mol. The van der Waals surface area contributed by atoms with Gasteiger partial charge >= 0.3 is 5.97 Å². The average molecular weight is 302 g/mol. The van der Waals surface area contributed by atoms with Crippen molar-refractivity contribution >= 4 is 27.5 Å². The fourth-order valence-electron chi connectivity index (χ4n) is 2.13. The van der Waals surface area contributed by atoms with E-state index in [9.17, 15) is 9.90 Å². The van der Waals surface area contributed by atoms with E-state index in [-0.39, 0.29) is 5.41 Å². The molecule has 0 amide bonds. The third kappa shape index (κ3) is 2.29. The van der Waals surface area contributed by atoms with Gasteiger partial charge in [-0.2, -0.15) is 5.10 Å². The van der Waals surface area contributed by atoms with Crippen LogP contribution in [0.4, 0.5) is 0 Å². The van der Waals surface area contributed by atoms with Crippen molar-refractivity contribution in [3.05, 3.63) is 35.2 Å². The van der Waals surface area contributed by atoms with E-state index in [4.69, 9.17) is 0 Å². The van der Waals surface area contributed by atoms with Gasteiger partial charge in [0.05, 0.1) is 5.69 Å². The van der Waals surface area contributed by atoms with Gasteiger partial charge in [0.1, 0.15) is 16.0 Å². The second-order valence-corrected chi connectivity index (χ2v) is 6.74. The monoisotopic (exact) mass is 302 g/mol. The predicted octanol–water partition coefficient (Wildman–Crippen LogP) is 2.87. The third-order valence-electron chi connectivity index (χ3n) is 3.06. The molecular weight excluding hydrogens is 288 g/mol. The van der Waals surface area contributed by atoms with Crippen LogP contribution in [0.15, 0.2) is 24.7 Å². The molecule has 0 radical (unpaired) electrons. The van der Waals surface area contributed by atoms with Crippen molar-refractivity contribution in [1.29, 1.82) is 0 Å². The van der Waals surface area contributed by atoms with Gasteiger partial charge in [-0.3, -0.25) is 0 Å². The van der Waals surface area contributed by atoms with Gasteiger partial charge in [-0.1, -0.05) is 20.8 Å². The van der Waals surface area contributed by atoms with Crippen molar-refractivity contribution in [3.63, 3.8) is 0 Å². The molecule has 0 aromatic carbocycles. The molecule has 3 aromatic rings. The largest absolute Gasteiger partial charge is 0.477 e. The number of aromatic carboxylic acids is 1. The summed E-state index contributed by atoms with van der Waals surface area (Å²) in [7, 11) is 0. The fourth-order valence-corrected chi connectivity index (χ4v) is 3.09. The number of fused-ring (bicyclic) bond motifs is 1. The fraction of sp³-hybridized carbons (Fsp3) is 0.286. The van der Waals surface area contributed by atoms with Gasteiger partial charge in [0.25, 0.3) is 0 Å². The van der Waals surface area contributed by atoms with Crippen molar-refractivity contribution in [3.8, 4) is 5.82 Å². The molecule has 7 heteroatoms. The Balaban J connectivity index is 2.32. The molecule has 0 aliphatic heterocycles. The number of hydrogen-bond donors (Lipinski definition) is 1. The third-order valence-corrected chi connectivity index (χ3v) is 4.16. The Hall–Kier alpha value is -2.28. The second kappa shape index (κ2) is 4.63. The molecule has 3 rings (SSSR count). The van der Waals surface area contributed by atoms with E-state index in [1.54, 1.807) is 23.0 Å². The maximum Gasteiger partial charge on any atom is 0.345 e. The van der Waals surface area contributed by atoms with Gasteiger partial charge in [-0.05, 0) is 6.07 Å². The zero-order chi connectivity index (χ0) is 15.2. The van der Waals surface area contributed by atoms with Gasteiger partial charge < -0.3 is 5.11 Å². The highest BCUT2D eigenvalue weighted by Crippen LogP contribution is 2.35. The summed E-state index contributed by atoms with van der Waals surface area (Å²) in [6, 6.07) is 3.44. The van der Waals surface area contributed by atoms with E-state index in [2.05, 4.69) is 35.8 Å². The standard InChI is InChI=1S/C14H14N4O2S/c1-14(2,3)11-8-6-9(13(19)20)21-12(8)18(17-11)10-4-5-15-7-16-10/h4-7H,1-3H3,(H,19,20). The lowest BCUT2D eigenvalue weighted by molar-refractivity contribution is 0.0702. The molecule has 3 aromatic heterocycles. The molecule has 3 heterocycles. The van der Waals surface area contributed by atoms with Crippen LogP contribution in [-0.4, -0.2) is 30.8 Å². The summed E-state index contributed by atoms with van der Waals surface area (Å²) in [6.07, 6.45) is 3.09. The van der Waals surface area contributed by atoms with Crippen LogP contribution in [-0.2, 0) is 5.41 Å². The Morgan fingerprint density at radius 1 is 1.38 bits per heavy atom. The summed E-state index contributed by atoms with van der Waals surface area (Å²) >= 11 is 1.20. The molecule has 0 bridgehead atoms. The van der Waals surface area contributed by atoms with Gasteiger partial charge in [0, 0.05) is 23.1 Å². The van der Waals surface area contributed by atoms with Gasteiger partial charge in [-0.25, -0.2) is 19.4 Å². The van der Waals surface area contributed by atoms with Crippen LogP contribution in [0.5, 0.6) is 0 Å². The second-order valence-electron chi connectivity index (χ2n) is 5.71. The topological polar surface area (TPSA) is 80.9 Å². The minimum Gasteiger partial charge on any atom is -0.477 e. The first kappa shape index (κ1) is 13.7. The number of hydrogen-bond acceptors (Lipinski definition) is 5. The number of thiophene rings is 1. The highest BCUT2D eigenvalue weighted by Gasteiger charge is 2.26. The van der Waals surface area contributed by atoms with E-state index >= 15 is 0 Å². The number of carboxylic acids is 1. The minimum atomic E-state index is -0.926. The number of aromatic nitrogens is 4. The molecule has 108 valence electrons. The van der Waals surface area contributed by atoms with Crippen molar-refractivity contribution in [1.82, 2.24) is 19.7 Å². The first-order valence-corrected chi connectivity index (χ1v) is 7.22. The lowest BCUT2D eigenvalue weighted by Gasteiger charge is -2.15. The van der Waals surface area contributed by atoms with Crippen LogP contribution in [0, 0.1) is 0 Å². The zero-order valence-electron chi connectivity index (χ0n) is 11.9. The van der Waals surface area contributed by atoms with E-state index in [1.165, 1.54) is 17.7 Å². The van der Waals surface area contributed by atoms with E-state index in [0.29, 0.717) is 10.7 Å². The Morgan fingerprint density at radius 2 is 2.14 bits per heavy atom. The summed E-state index contributed by atoms with van der Waals surface area (Å²) in [5, 5.41) is 14.7. The Bertz CT molecular complexity index is 815. The molecule has 0 atom stereocenters. The van der Waals surface area contributed by atoms with E-state index in [1.807, 2.05) is 0 Å². The quantitative estimate of drug-likeness (QED) is 0.787. The molecule has 0 saturated heterocycles. The number of carbonyl (C=O) groups is 1. The molecule has 0 saturated carbocycles. The SMILES string of the molecule is CC(C)(C)c1nn(-c2ccncn2)c2sc(C(=O)O)cc12. The van der Waals surface area contributed by atoms with Crippen LogP contribution >= 0.6 is 11.3 Å². The van der Waals surface area contributed by atoms with Crippen molar-refractivity contribution < 1.29 is 9.90 Å². The number of carboxylic acid groups (broad SMARTS) is 1. The maximum atomic E-state index is 11.2. The summed E-state index contributed by atoms with van der Waals surface area (Å²) in [6.45, 7) is 6.16. The van der Waals surface area contributed by atoms with Crippen molar-refractivity contribution in [2.75, 3.05) is 0 Å². The van der Waals surface area contributed by atoms with Gasteiger partial charge in [-0.15, -0.1) is 11.3 Å².